The SMILES string of the molecule is COc1nc(NN)nc(NCC2CCN(C(C)C)C2)n1. The number of hydrogen-bond donors (Lipinski definition) is 3. The van der Waals surface area contributed by atoms with E-state index in [1.165, 1.54) is 13.5 Å². The van der Waals surface area contributed by atoms with Crippen LogP contribution in [0.2, 0.25) is 0 Å². The molecule has 1 fully saturated rings. The molecule has 20 heavy (non-hydrogen) atoms. The van der Waals surface area contributed by atoms with Gasteiger partial charge in [0.1, 0.15) is 0 Å². The smallest absolute Gasteiger partial charge is 0.322 e. The lowest BCUT2D eigenvalue weighted by atomic mass is 10.1. The van der Waals surface area contributed by atoms with Gasteiger partial charge in [0.15, 0.2) is 0 Å². The number of methoxy groups -OCH3 is 1. The molecule has 1 unspecified atom stereocenters. The van der Waals surface area contributed by atoms with Gasteiger partial charge in [-0.2, -0.15) is 15.0 Å². The van der Waals surface area contributed by atoms with E-state index in [2.05, 4.69) is 44.4 Å². The average Bonchev–Trinajstić information content (AvgIpc) is 2.93. The molecular weight excluding hydrogens is 258 g/mol. The van der Waals surface area contributed by atoms with E-state index in [1.54, 1.807) is 0 Å². The zero-order chi connectivity index (χ0) is 14.5. The normalized spacial score (nSPS) is 19.4. The first-order valence-corrected chi connectivity index (χ1v) is 6.87. The second-order valence-electron chi connectivity index (χ2n) is 5.24. The topological polar surface area (TPSA) is 101 Å². The van der Waals surface area contributed by atoms with Crippen LogP contribution in [0, 0.1) is 5.92 Å². The summed E-state index contributed by atoms with van der Waals surface area (Å²) in [5, 5.41) is 3.23. The molecule has 1 atom stereocenters. The number of nitrogens with one attached hydrogen (secondary N) is 2. The first kappa shape index (κ1) is 14.7. The molecule has 2 heterocycles. The molecule has 0 radical (unpaired) electrons. The number of aromatic nitrogens is 3. The maximum Gasteiger partial charge on any atom is 0.322 e. The molecular formula is C12H23N7O. The predicted octanol–water partition coefficient (Wildman–Crippen LogP) is 0.308. The zero-order valence-electron chi connectivity index (χ0n) is 12.3. The van der Waals surface area contributed by atoms with Crippen LogP contribution in [0.4, 0.5) is 11.9 Å². The minimum Gasteiger partial charge on any atom is -0.467 e. The van der Waals surface area contributed by atoms with Gasteiger partial charge >= 0.3 is 6.01 Å². The van der Waals surface area contributed by atoms with Gasteiger partial charge in [-0.05, 0) is 32.7 Å². The molecule has 0 aliphatic carbocycles. The Bertz CT molecular complexity index is 418. The molecule has 0 saturated carbocycles. The van der Waals surface area contributed by atoms with Crippen LogP contribution in [0.25, 0.3) is 0 Å². The van der Waals surface area contributed by atoms with Crippen molar-refractivity contribution in [3.05, 3.63) is 0 Å². The summed E-state index contributed by atoms with van der Waals surface area (Å²) in [6.07, 6.45) is 1.19. The van der Waals surface area contributed by atoms with E-state index in [1.807, 2.05) is 0 Å². The summed E-state index contributed by atoms with van der Waals surface area (Å²) in [6, 6.07) is 0.844. The highest BCUT2D eigenvalue weighted by molar-refractivity contribution is 5.34. The summed E-state index contributed by atoms with van der Waals surface area (Å²) in [5.41, 5.74) is 2.40. The number of hydrazine groups is 1. The van der Waals surface area contributed by atoms with Crippen LogP contribution in [0.3, 0.4) is 0 Å². The third-order valence-electron chi connectivity index (χ3n) is 3.52. The van der Waals surface area contributed by atoms with Crippen molar-refractivity contribution in [3.63, 3.8) is 0 Å². The minimum absolute atomic E-state index is 0.241. The highest BCUT2D eigenvalue weighted by Gasteiger charge is 2.24. The van der Waals surface area contributed by atoms with Crippen LogP contribution in [0.5, 0.6) is 6.01 Å². The van der Waals surface area contributed by atoms with Gasteiger partial charge in [-0.25, -0.2) is 5.84 Å². The number of nitrogens with zero attached hydrogens (tertiary/aromatic N) is 4. The Labute approximate surface area is 119 Å². The molecule has 0 spiro atoms. The van der Waals surface area contributed by atoms with Crippen molar-refractivity contribution in [1.29, 1.82) is 0 Å². The van der Waals surface area contributed by atoms with Crippen molar-refractivity contribution in [3.8, 4) is 6.01 Å². The largest absolute Gasteiger partial charge is 0.467 e. The third-order valence-corrected chi connectivity index (χ3v) is 3.52. The quantitative estimate of drug-likeness (QED) is 0.506. The molecule has 1 aliphatic rings. The summed E-state index contributed by atoms with van der Waals surface area (Å²) in [6.45, 7) is 7.55. The Kier molecular flexibility index (Phi) is 4.91. The second-order valence-corrected chi connectivity index (χ2v) is 5.24. The molecule has 0 amide bonds. The van der Waals surface area contributed by atoms with Crippen LogP contribution in [-0.4, -0.2) is 52.6 Å². The van der Waals surface area contributed by atoms with Crippen molar-refractivity contribution >= 4 is 11.9 Å². The highest BCUT2D eigenvalue weighted by atomic mass is 16.5. The summed E-state index contributed by atoms with van der Waals surface area (Å²) < 4.78 is 5.01. The fourth-order valence-corrected chi connectivity index (χ4v) is 2.33. The summed E-state index contributed by atoms with van der Waals surface area (Å²) in [4.78, 5) is 14.7. The van der Waals surface area contributed by atoms with Gasteiger partial charge in [-0.1, -0.05) is 0 Å². The van der Waals surface area contributed by atoms with E-state index >= 15 is 0 Å². The van der Waals surface area contributed by atoms with Crippen LogP contribution in [-0.2, 0) is 0 Å². The number of nitrogens with two attached hydrogens (primary N) is 1. The van der Waals surface area contributed by atoms with Crippen LogP contribution >= 0.6 is 0 Å². The molecule has 8 heteroatoms. The lowest BCUT2D eigenvalue weighted by Crippen LogP contribution is -2.29. The summed E-state index contributed by atoms with van der Waals surface area (Å²) in [7, 11) is 1.51. The van der Waals surface area contributed by atoms with E-state index in [9.17, 15) is 0 Å². The third kappa shape index (κ3) is 3.67. The molecule has 1 aromatic rings. The Morgan fingerprint density at radius 1 is 1.35 bits per heavy atom. The first-order valence-electron chi connectivity index (χ1n) is 6.87. The van der Waals surface area contributed by atoms with E-state index in [0.717, 1.165) is 19.6 Å². The Balaban J connectivity index is 1.91. The number of anilines is 2. The number of ether oxygens (including phenoxy) is 1. The summed E-state index contributed by atoms with van der Waals surface area (Å²) >= 11 is 0. The molecule has 8 nitrogen and oxygen atoms in total. The molecule has 1 saturated heterocycles. The zero-order valence-corrected chi connectivity index (χ0v) is 12.3. The van der Waals surface area contributed by atoms with Crippen molar-refractivity contribution in [2.45, 2.75) is 26.3 Å². The molecule has 1 aliphatic heterocycles. The number of rotatable bonds is 6. The maximum absolute atomic E-state index is 5.32. The van der Waals surface area contributed by atoms with Gasteiger partial charge in [0.25, 0.3) is 0 Å². The molecule has 1 aromatic heterocycles. The maximum atomic E-state index is 5.32. The number of hydrogen-bond acceptors (Lipinski definition) is 8. The van der Waals surface area contributed by atoms with Crippen LogP contribution < -0.4 is 21.3 Å². The molecule has 2 rings (SSSR count). The van der Waals surface area contributed by atoms with Crippen LogP contribution in [0.15, 0.2) is 0 Å². The van der Waals surface area contributed by atoms with Crippen molar-refractivity contribution in [2.24, 2.45) is 11.8 Å². The lowest BCUT2D eigenvalue weighted by molar-refractivity contribution is 0.266. The molecule has 4 N–H and O–H groups in total. The number of nitrogen functional groups attached to an aromatic ring is 1. The van der Waals surface area contributed by atoms with Gasteiger partial charge in [0.2, 0.25) is 11.9 Å². The highest BCUT2D eigenvalue weighted by Crippen LogP contribution is 2.19. The minimum atomic E-state index is 0.241. The fraction of sp³-hybridized carbons (Fsp3) is 0.750. The van der Waals surface area contributed by atoms with E-state index in [-0.39, 0.29) is 12.0 Å². The van der Waals surface area contributed by atoms with Gasteiger partial charge in [-0.15, -0.1) is 0 Å². The first-order chi connectivity index (χ1) is 9.62. The lowest BCUT2D eigenvalue weighted by Gasteiger charge is -2.20. The van der Waals surface area contributed by atoms with Gasteiger partial charge in [-0.3, -0.25) is 5.43 Å². The van der Waals surface area contributed by atoms with E-state index < -0.39 is 0 Å². The monoisotopic (exact) mass is 281 g/mol. The Morgan fingerprint density at radius 2 is 2.10 bits per heavy atom. The van der Waals surface area contributed by atoms with Gasteiger partial charge in [0, 0.05) is 19.1 Å². The molecule has 0 bridgehead atoms. The second kappa shape index (κ2) is 6.67. The standard InChI is InChI=1S/C12H23N7O/c1-8(2)19-5-4-9(7-19)6-14-10-15-11(18-13)17-12(16-10)20-3/h8-9H,4-7,13H2,1-3H3,(H2,14,15,16,17,18). The molecule has 0 aromatic carbocycles. The van der Waals surface area contributed by atoms with Crippen molar-refractivity contribution < 1.29 is 4.74 Å². The van der Waals surface area contributed by atoms with E-state index in [0.29, 0.717) is 17.9 Å². The van der Waals surface area contributed by atoms with E-state index in [4.69, 9.17) is 10.6 Å². The number of likely N-dealkylation sites (tertiary alicyclic amines) is 1. The molecule has 112 valence electrons. The van der Waals surface area contributed by atoms with Crippen molar-refractivity contribution in [2.75, 3.05) is 37.5 Å². The van der Waals surface area contributed by atoms with Gasteiger partial charge < -0.3 is 15.0 Å². The van der Waals surface area contributed by atoms with Crippen LogP contribution in [0.1, 0.15) is 20.3 Å². The Hall–Kier alpha value is -1.67. The van der Waals surface area contributed by atoms with Gasteiger partial charge in [0.05, 0.1) is 7.11 Å². The average molecular weight is 281 g/mol. The fourth-order valence-electron chi connectivity index (χ4n) is 2.33. The van der Waals surface area contributed by atoms with Crippen molar-refractivity contribution in [1.82, 2.24) is 19.9 Å². The summed E-state index contributed by atoms with van der Waals surface area (Å²) in [5.74, 6) is 6.69. The predicted molar refractivity (Wildman–Crippen MR) is 77.5 cm³/mol. The Morgan fingerprint density at radius 3 is 2.70 bits per heavy atom.